The van der Waals surface area contributed by atoms with E-state index in [2.05, 4.69) is 45.9 Å². The summed E-state index contributed by atoms with van der Waals surface area (Å²) in [5.41, 5.74) is 5.32. The summed E-state index contributed by atoms with van der Waals surface area (Å²) < 4.78 is 17.9. The number of nitrogens with zero attached hydrogens (tertiary/aromatic N) is 1. The molecule has 2 aliphatic heterocycles. The third kappa shape index (κ3) is 3.73. The van der Waals surface area contributed by atoms with Crippen molar-refractivity contribution in [2.24, 2.45) is 4.99 Å². The summed E-state index contributed by atoms with van der Waals surface area (Å²) in [4.78, 5) is 5.19. The lowest BCUT2D eigenvalue weighted by Gasteiger charge is -2.31. The fourth-order valence-electron chi connectivity index (χ4n) is 4.42. The maximum Gasteiger partial charge on any atom is 0.166 e. The van der Waals surface area contributed by atoms with Gasteiger partial charge in [0.25, 0.3) is 0 Å². The van der Waals surface area contributed by atoms with Crippen LogP contribution in [0.25, 0.3) is 0 Å². The molecule has 0 spiro atoms. The Morgan fingerprint density at radius 3 is 2.52 bits per heavy atom. The lowest BCUT2D eigenvalue weighted by Crippen LogP contribution is -2.30. The van der Waals surface area contributed by atoms with Gasteiger partial charge in [-0.3, -0.25) is 4.99 Å². The van der Waals surface area contributed by atoms with Crippen molar-refractivity contribution in [3.8, 4) is 17.2 Å². The highest BCUT2D eigenvalue weighted by Crippen LogP contribution is 2.47. The highest BCUT2D eigenvalue weighted by Gasteiger charge is 2.39. The molecule has 0 bridgehead atoms. The number of hydrogen-bond acceptors (Lipinski definition) is 4. The summed E-state index contributed by atoms with van der Waals surface area (Å²) in [6.07, 6.45) is 1.84. The predicted octanol–water partition coefficient (Wildman–Crippen LogP) is 5.37. The van der Waals surface area contributed by atoms with Crippen molar-refractivity contribution in [3.05, 3.63) is 52.6 Å². The molecule has 0 radical (unpaired) electrons. The van der Waals surface area contributed by atoms with Crippen molar-refractivity contribution >= 4 is 5.71 Å². The molecule has 4 nitrogen and oxygen atoms in total. The molecule has 29 heavy (non-hydrogen) atoms. The maximum atomic E-state index is 6.29. The molecule has 4 rings (SSSR count). The van der Waals surface area contributed by atoms with Gasteiger partial charge in [-0.05, 0) is 71.7 Å². The number of methoxy groups -OCH3 is 1. The van der Waals surface area contributed by atoms with Gasteiger partial charge in [0.2, 0.25) is 0 Å². The number of rotatable bonds is 4. The first-order chi connectivity index (χ1) is 13.6. The average Bonchev–Trinajstić information content (AvgIpc) is 2.94. The van der Waals surface area contributed by atoms with Crippen LogP contribution >= 0.6 is 0 Å². The van der Waals surface area contributed by atoms with Gasteiger partial charge in [0.05, 0.1) is 24.5 Å². The topological polar surface area (TPSA) is 40.0 Å². The minimum Gasteiger partial charge on any atom is -0.493 e. The van der Waals surface area contributed by atoms with E-state index >= 15 is 0 Å². The summed E-state index contributed by atoms with van der Waals surface area (Å²) in [6, 6.07) is 10.4. The average molecular weight is 394 g/mol. The van der Waals surface area contributed by atoms with Crippen LogP contribution in [-0.4, -0.2) is 30.1 Å². The van der Waals surface area contributed by atoms with Crippen molar-refractivity contribution in [2.45, 2.75) is 71.6 Å². The molecule has 0 fully saturated rings. The summed E-state index contributed by atoms with van der Waals surface area (Å²) >= 11 is 0. The van der Waals surface area contributed by atoms with Crippen molar-refractivity contribution in [1.82, 2.24) is 0 Å². The molecule has 2 aromatic carbocycles. The fourth-order valence-corrected chi connectivity index (χ4v) is 4.42. The van der Waals surface area contributed by atoms with Gasteiger partial charge in [-0.1, -0.05) is 12.1 Å². The maximum absolute atomic E-state index is 6.29. The zero-order chi connectivity index (χ0) is 21.0. The number of fused-ring (bicyclic) bond motifs is 3. The second-order valence-electron chi connectivity index (χ2n) is 9.60. The smallest absolute Gasteiger partial charge is 0.166 e. The third-order valence-electron chi connectivity index (χ3n) is 5.38. The molecule has 2 aromatic rings. The minimum atomic E-state index is -0.259. The highest BCUT2D eigenvalue weighted by molar-refractivity contribution is 6.16. The quantitative estimate of drug-likeness (QED) is 0.701. The number of hydrogen-bond donors (Lipinski definition) is 0. The molecular formula is C25H31NO3. The molecule has 0 saturated heterocycles. The minimum absolute atomic E-state index is 0.130. The van der Waals surface area contributed by atoms with Gasteiger partial charge in [-0.15, -0.1) is 0 Å². The van der Waals surface area contributed by atoms with E-state index in [1.165, 1.54) is 16.7 Å². The normalized spacial score (nSPS) is 18.6. The van der Waals surface area contributed by atoms with Crippen LogP contribution in [0.15, 0.2) is 35.3 Å². The van der Waals surface area contributed by atoms with Gasteiger partial charge in [0.1, 0.15) is 11.4 Å². The molecule has 0 aromatic heterocycles. The van der Waals surface area contributed by atoms with Crippen LogP contribution < -0.4 is 14.2 Å². The Labute approximate surface area is 173 Å². The van der Waals surface area contributed by atoms with Crippen molar-refractivity contribution in [3.63, 3.8) is 0 Å². The van der Waals surface area contributed by atoms with Gasteiger partial charge >= 0.3 is 0 Å². The van der Waals surface area contributed by atoms with Crippen LogP contribution in [-0.2, 0) is 12.8 Å². The monoisotopic (exact) mass is 393 g/mol. The summed E-state index contributed by atoms with van der Waals surface area (Å²) in [7, 11) is 1.71. The van der Waals surface area contributed by atoms with E-state index in [-0.39, 0.29) is 17.2 Å². The SMILES string of the molecule is COc1cc2c(c3c1OC(C)(C)C3)C(c1cccc(OC(C)C)c1)=NC(C)(C)C2. The van der Waals surface area contributed by atoms with Crippen molar-refractivity contribution in [2.75, 3.05) is 7.11 Å². The van der Waals surface area contributed by atoms with E-state index in [4.69, 9.17) is 19.2 Å². The first-order valence-electron chi connectivity index (χ1n) is 10.4. The standard InChI is InChI=1S/C25H31NO3/c1-15(2)28-18-10-8-9-16(11-18)22-21-17(13-24(3,4)26-22)12-20(27-7)23-19(21)14-25(5,6)29-23/h8-12,15H,13-14H2,1-7H3. The largest absolute Gasteiger partial charge is 0.493 e. The van der Waals surface area contributed by atoms with Crippen LogP contribution in [0.2, 0.25) is 0 Å². The molecule has 0 amide bonds. The fraction of sp³-hybridized carbons (Fsp3) is 0.480. The van der Waals surface area contributed by atoms with E-state index in [0.717, 1.165) is 41.4 Å². The van der Waals surface area contributed by atoms with Gasteiger partial charge in [0, 0.05) is 23.1 Å². The van der Waals surface area contributed by atoms with E-state index in [0.29, 0.717) is 0 Å². The van der Waals surface area contributed by atoms with Gasteiger partial charge < -0.3 is 14.2 Å². The molecule has 0 aliphatic carbocycles. The number of ether oxygens (including phenoxy) is 3. The molecule has 0 unspecified atom stereocenters. The van der Waals surface area contributed by atoms with Gasteiger partial charge in [0.15, 0.2) is 11.5 Å². The van der Waals surface area contributed by atoms with Crippen molar-refractivity contribution < 1.29 is 14.2 Å². The lowest BCUT2D eigenvalue weighted by molar-refractivity contribution is 0.134. The molecule has 4 heteroatoms. The first-order valence-corrected chi connectivity index (χ1v) is 10.4. The molecule has 0 atom stereocenters. The molecule has 0 saturated carbocycles. The van der Waals surface area contributed by atoms with E-state index < -0.39 is 0 Å². The van der Waals surface area contributed by atoms with Gasteiger partial charge in [-0.2, -0.15) is 0 Å². The second kappa shape index (κ2) is 6.79. The summed E-state index contributed by atoms with van der Waals surface area (Å²) in [6.45, 7) is 12.7. The molecule has 0 N–H and O–H groups in total. The van der Waals surface area contributed by atoms with Gasteiger partial charge in [-0.25, -0.2) is 0 Å². The first kappa shape index (κ1) is 19.8. The molecule has 2 aliphatic rings. The van der Waals surface area contributed by atoms with Crippen LogP contribution in [0.1, 0.15) is 63.8 Å². The zero-order valence-corrected chi connectivity index (χ0v) is 18.6. The second-order valence-corrected chi connectivity index (χ2v) is 9.60. The molecular weight excluding hydrogens is 362 g/mol. The van der Waals surface area contributed by atoms with Crippen LogP contribution in [0.4, 0.5) is 0 Å². The van der Waals surface area contributed by atoms with Crippen LogP contribution in [0.3, 0.4) is 0 Å². The third-order valence-corrected chi connectivity index (χ3v) is 5.38. The number of benzene rings is 2. The predicted molar refractivity (Wildman–Crippen MR) is 117 cm³/mol. The molecule has 154 valence electrons. The van der Waals surface area contributed by atoms with E-state index in [9.17, 15) is 0 Å². The Morgan fingerprint density at radius 1 is 1.07 bits per heavy atom. The zero-order valence-electron chi connectivity index (χ0n) is 18.6. The Hall–Kier alpha value is -2.49. The summed E-state index contributed by atoms with van der Waals surface area (Å²) in [5.74, 6) is 2.54. The van der Waals surface area contributed by atoms with Crippen molar-refractivity contribution in [1.29, 1.82) is 0 Å². The Kier molecular flexibility index (Phi) is 4.64. The molecule has 2 heterocycles. The Bertz CT molecular complexity index is 986. The Balaban J connectivity index is 1.92. The Morgan fingerprint density at radius 2 is 1.83 bits per heavy atom. The summed E-state index contributed by atoms with van der Waals surface area (Å²) in [5, 5.41) is 0. The highest BCUT2D eigenvalue weighted by atomic mass is 16.5. The van der Waals surface area contributed by atoms with Crippen LogP contribution in [0, 0.1) is 0 Å². The van der Waals surface area contributed by atoms with E-state index in [1.54, 1.807) is 7.11 Å². The van der Waals surface area contributed by atoms with E-state index in [1.807, 2.05) is 26.0 Å². The van der Waals surface area contributed by atoms with Crippen LogP contribution in [0.5, 0.6) is 17.2 Å². The lowest BCUT2D eigenvalue weighted by atomic mass is 9.81. The number of aliphatic imine (C=N–C) groups is 1.